The molecule has 1 fully saturated rings. The van der Waals surface area contributed by atoms with Gasteiger partial charge in [-0.1, -0.05) is 0 Å². The smallest absolute Gasteiger partial charge is 0.0991 e. The van der Waals surface area contributed by atoms with E-state index >= 15 is 0 Å². The normalized spacial score (nSPS) is 16.4. The molecule has 1 N–H and O–H groups in total. The van der Waals surface area contributed by atoms with Gasteiger partial charge in [0.1, 0.15) is 0 Å². The summed E-state index contributed by atoms with van der Waals surface area (Å²) in [5.74, 6) is 0. The van der Waals surface area contributed by atoms with Crippen LogP contribution in [-0.4, -0.2) is 26.2 Å². The number of nitriles is 1. The number of nitrogens with one attached hydrogen (secondary N) is 1. The van der Waals surface area contributed by atoms with Crippen LogP contribution >= 0.6 is 0 Å². The zero-order valence-corrected chi connectivity index (χ0v) is 8.03. The van der Waals surface area contributed by atoms with Crippen molar-refractivity contribution >= 4 is 5.69 Å². The molecule has 1 aromatic rings. The van der Waals surface area contributed by atoms with Crippen molar-refractivity contribution in [3.8, 4) is 6.07 Å². The topological polar surface area (TPSA) is 39.1 Å². The highest BCUT2D eigenvalue weighted by Gasteiger charge is 2.09. The van der Waals surface area contributed by atoms with Gasteiger partial charge in [-0.25, -0.2) is 0 Å². The molecule has 0 unspecified atom stereocenters. The zero-order valence-electron chi connectivity index (χ0n) is 8.03. The third kappa shape index (κ3) is 1.86. The lowest BCUT2D eigenvalue weighted by atomic mass is 10.2. The molecule has 1 saturated heterocycles. The summed E-state index contributed by atoms with van der Waals surface area (Å²) in [4.78, 5) is 2.33. The lowest BCUT2D eigenvalue weighted by Crippen LogP contribution is -2.43. The Kier molecular flexibility index (Phi) is 2.66. The first-order chi connectivity index (χ1) is 6.90. The van der Waals surface area contributed by atoms with Gasteiger partial charge in [-0.3, -0.25) is 0 Å². The van der Waals surface area contributed by atoms with Gasteiger partial charge in [-0.05, 0) is 24.3 Å². The maximum atomic E-state index is 8.67. The van der Waals surface area contributed by atoms with Crippen molar-refractivity contribution in [2.24, 2.45) is 0 Å². The van der Waals surface area contributed by atoms with Crippen LogP contribution in [0.15, 0.2) is 24.3 Å². The predicted molar refractivity (Wildman–Crippen MR) is 56.2 cm³/mol. The molecule has 0 spiro atoms. The number of anilines is 1. The second kappa shape index (κ2) is 4.12. The third-order valence-corrected chi connectivity index (χ3v) is 2.48. The first kappa shape index (κ1) is 9.04. The van der Waals surface area contributed by atoms with Gasteiger partial charge in [0, 0.05) is 31.9 Å². The molecule has 0 bridgehead atoms. The van der Waals surface area contributed by atoms with Gasteiger partial charge in [0.05, 0.1) is 11.6 Å². The molecule has 0 aliphatic carbocycles. The quantitative estimate of drug-likeness (QED) is 0.667. The Hall–Kier alpha value is -1.53. The number of nitrogens with zero attached hydrogens (tertiary/aromatic N) is 2. The van der Waals surface area contributed by atoms with Gasteiger partial charge in [-0.15, -0.1) is 0 Å². The number of hydrogen-bond donors (Lipinski definition) is 1. The molecule has 0 amide bonds. The molecular formula is C11H13N3. The minimum Gasteiger partial charge on any atom is -0.369 e. The first-order valence-corrected chi connectivity index (χ1v) is 4.86. The Bertz CT molecular complexity index is 331. The van der Waals surface area contributed by atoms with Crippen LogP contribution in [0.5, 0.6) is 0 Å². The highest BCUT2D eigenvalue weighted by Crippen LogP contribution is 2.15. The molecule has 0 atom stereocenters. The lowest BCUT2D eigenvalue weighted by molar-refractivity contribution is 0.589. The van der Waals surface area contributed by atoms with E-state index in [2.05, 4.69) is 16.3 Å². The summed E-state index contributed by atoms with van der Waals surface area (Å²) in [5, 5.41) is 12.0. The highest BCUT2D eigenvalue weighted by atomic mass is 15.2. The van der Waals surface area contributed by atoms with E-state index in [0.717, 1.165) is 31.7 Å². The largest absolute Gasteiger partial charge is 0.369 e. The van der Waals surface area contributed by atoms with Crippen molar-refractivity contribution in [2.75, 3.05) is 31.1 Å². The van der Waals surface area contributed by atoms with E-state index < -0.39 is 0 Å². The SMILES string of the molecule is N#[13C]c1ccc(N2CCNCC2)cc1. The lowest BCUT2D eigenvalue weighted by Gasteiger charge is -2.29. The third-order valence-electron chi connectivity index (χ3n) is 2.48. The van der Waals surface area contributed by atoms with Crippen LogP contribution in [0.3, 0.4) is 0 Å². The predicted octanol–water partition coefficient (Wildman–Crippen LogP) is 0.968. The molecule has 14 heavy (non-hydrogen) atoms. The molecule has 0 aromatic heterocycles. The van der Waals surface area contributed by atoms with Gasteiger partial charge in [0.2, 0.25) is 0 Å². The second-order valence-corrected chi connectivity index (χ2v) is 3.40. The number of benzene rings is 1. The van der Waals surface area contributed by atoms with Crippen LogP contribution in [-0.2, 0) is 0 Å². The summed E-state index contributed by atoms with van der Waals surface area (Å²) in [5.41, 5.74) is 1.94. The van der Waals surface area contributed by atoms with Crippen molar-refractivity contribution in [1.82, 2.24) is 5.32 Å². The molecule has 1 aliphatic rings. The molecule has 0 radical (unpaired) electrons. The Morgan fingerprint density at radius 3 is 2.36 bits per heavy atom. The first-order valence-electron chi connectivity index (χ1n) is 4.86. The van der Waals surface area contributed by atoms with Gasteiger partial charge < -0.3 is 10.2 Å². The van der Waals surface area contributed by atoms with Gasteiger partial charge in [0.15, 0.2) is 0 Å². The van der Waals surface area contributed by atoms with Gasteiger partial charge >= 0.3 is 0 Å². The fourth-order valence-corrected chi connectivity index (χ4v) is 1.67. The molecule has 2 rings (SSSR count). The average Bonchev–Trinajstić information content (AvgIpc) is 2.30. The van der Waals surface area contributed by atoms with Crippen molar-refractivity contribution in [3.63, 3.8) is 0 Å². The molecule has 1 heterocycles. The summed E-state index contributed by atoms with van der Waals surface area (Å²) in [6, 6.07) is 9.91. The molecule has 0 saturated carbocycles. The Labute approximate surface area is 84.0 Å². The molecule has 1 aliphatic heterocycles. The van der Waals surface area contributed by atoms with Gasteiger partial charge in [-0.2, -0.15) is 5.26 Å². The summed E-state index contributed by atoms with van der Waals surface area (Å²) >= 11 is 0. The highest BCUT2D eigenvalue weighted by molar-refractivity contribution is 5.49. The molecule has 1 aromatic carbocycles. The Balaban J connectivity index is 2.12. The van der Waals surface area contributed by atoms with E-state index in [1.165, 1.54) is 5.69 Å². The van der Waals surface area contributed by atoms with Crippen molar-refractivity contribution in [1.29, 1.82) is 5.26 Å². The Morgan fingerprint density at radius 1 is 1.14 bits per heavy atom. The van der Waals surface area contributed by atoms with Crippen LogP contribution in [0.1, 0.15) is 5.56 Å². The minimum atomic E-state index is 0.726. The molecule has 3 nitrogen and oxygen atoms in total. The van der Waals surface area contributed by atoms with E-state index in [1.54, 1.807) is 0 Å². The fraction of sp³-hybridized carbons (Fsp3) is 0.364. The van der Waals surface area contributed by atoms with Crippen LogP contribution in [0.2, 0.25) is 0 Å². The number of hydrogen-bond acceptors (Lipinski definition) is 3. The van der Waals surface area contributed by atoms with E-state index in [9.17, 15) is 0 Å². The van der Waals surface area contributed by atoms with Gasteiger partial charge in [0.25, 0.3) is 0 Å². The molecule has 3 heteroatoms. The summed E-state index contributed by atoms with van der Waals surface area (Å²) in [6.45, 7) is 4.18. The van der Waals surface area contributed by atoms with E-state index in [-0.39, 0.29) is 0 Å². The van der Waals surface area contributed by atoms with Crippen molar-refractivity contribution < 1.29 is 0 Å². The zero-order chi connectivity index (χ0) is 9.80. The van der Waals surface area contributed by atoms with Crippen molar-refractivity contribution in [3.05, 3.63) is 29.8 Å². The average molecular weight is 188 g/mol. The van der Waals surface area contributed by atoms with Crippen molar-refractivity contribution in [2.45, 2.75) is 0 Å². The fourth-order valence-electron chi connectivity index (χ4n) is 1.67. The second-order valence-electron chi connectivity index (χ2n) is 3.40. The minimum absolute atomic E-state index is 0.726. The summed E-state index contributed by atoms with van der Waals surface area (Å²) in [7, 11) is 0. The molecule has 72 valence electrons. The number of piperazine rings is 1. The molecular weight excluding hydrogens is 175 g/mol. The summed E-state index contributed by atoms with van der Waals surface area (Å²) in [6.07, 6.45) is 0. The summed E-state index contributed by atoms with van der Waals surface area (Å²) < 4.78 is 0. The van der Waals surface area contributed by atoms with Crippen LogP contribution < -0.4 is 10.2 Å². The Morgan fingerprint density at radius 2 is 1.79 bits per heavy atom. The standard InChI is InChI=1S/C11H13N3/c12-9-10-1-3-11(4-2-10)14-7-5-13-6-8-14/h1-4,13H,5-8H2/i9+1. The van der Waals surface area contributed by atoms with Crippen LogP contribution in [0.4, 0.5) is 5.69 Å². The van der Waals surface area contributed by atoms with Crippen LogP contribution in [0, 0.1) is 11.3 Å². The van der Waals surface area contributed by atoms with Crippen LogP contribution in [0.25, 0.3) is 0 Å². The van der Waals surface area contributed by atoms with E-state index in [1.807, 2.05) is 24.3 Å². The number of rotatable bonds is 1. The van der Waals surface area contributed by atoms with E-state index in [0.29, 0.717) is 0 Å². The maximum absolute atomic E-state index is 8.67. The van der Waals surface area contributed by atoms with E-state index in [4.69, 9.17) is 5.26 Å². The monoisotopic (exact) mass is 188 g/mol. The maximum Gasteiger partial charge on any atom is 0.0991 e.